The minimum absolute atomic E-state index is 0.205. The molecule has 0 radical (unpaired) electrons. The van der Waals surface area contributed by atoms with E-state index in [1.807, 2.05) is 35.2 Å². The molecule has 1 N–H and O–H groups in total. The van der Waals surface area contributed by atoms with Crippen molar-refractivity contribution >= 4 is 23.0 Å². The minimum Gasteiger partial charge on any atom is -0.351 e. The van der Waals surface area contributed by atoms with Gasteiger partial charge in [-0.05, 0) is 67.5 Å². The van der Waals surface area contributed by atoms with E-state index in [9.17, 15) is 4.39 Å². The lowest BCUT2D eigenvalue weighted by molar-refractivity contribution is 0.554. The van der Waals surface area contributed by atoms with Crippen LogP contribution in [0.4, 0.5) is 10.1 Å². The number of rotatable bonds is 5. The van der Waals surface area contributed by atoms with Gasteiger partial charge in [0.2, 0.25) is 0 Å². The van der Waals surface area contributed by atoms with E-state index in [0.29, 0.717) is 10.8 Å². The van der Waals surface area contributed by atoms with Crippen molar-refractivity contribution in [3.8, 4) is 0 Å². The summed E-state index contributed by atoms with van der Waals surface area (Å²) in [5, 5.41) is 3.91. The van der Waals surface area contributed by atoms with E-state index in [0.717, 1.165) is 29.2 Å². The number of nitrogens with zero attached hydrogens (tertiary/aromatic N) is 3. The molecule has 5 rings (SSSR count). The van der Waals surface area contributed by atoms with E-state index in [1.54, 1.807) is 18.3 Å². The largest absolute Gasteiger partial charge is 0.351 e. The van der Waals surface area contributed by atoms with E-state index in [1.165, 1.54) is 11.6 Å². The molecule has 4 nitrogen and oxygen atoms in total. The van der Waals surface area contributed by atoms with E-state index < -0.39 is 0 Å². The molecule has 166 valence electrons. The Morgan fingerprint density at radius 1 is 0.970 bits per heavy atom. The molecule has 0 bridgehead atoms. The van der Waals surface area contributed by atoms with Crippen molar-refractivity contribution in [3.63, 3.8) is 0 Å². The number of anilines is 1. The van der Waals surface area contributed by atoms with Crippen LogP contribution >= 0.6 is 12.2 Å². The molecule has 33 heavy (non-hydrogen) atoms. The molecule has 0 amide bonds. The van der Waals surface area contributed by atoms with Crippen LogP contribution in [-0.2, 0) is 6.54 Å². The Balaban J connectivity index is 1.64. The molecular weight excluding hydrogens is 431 g/mol. The lowest BCUT2D eigenvalue weighted by atomic mass is 9.96. The summed E-state index contributed by atoms with van der Waals surface area (Å²) in [4.78, 5) is 6.50. The lowest BCUT2D eigenvalue weighted by Gasteiger charge is -2.28. The van der Waals surface area contributed by atoms with Gasteiger partial charge in [0, 0.05) is 24.1 Å². The smallest absolute Gasteiger partial charge is 0.174 e. The monoisotopic (exact) mass is 456 g/mol. The number of aryl methyl sites for hydroxylation is 1. The average molecular weight is 457 g/mol. The van der Waals surface area contributed by atoms with Gasteiger partial charge >= 0.3 is 0 Å². The molecule has 0 spiro atoms. The fraction of sp³-hybridized carbons (Fsp3) is 0.185. The summed E-state index contributed by atoms with van der Waals surface area (Å²) in [5.41, 5.74) is 5.96. The Hall–Kier alpha value is -3.51. The van der Waals surface area contributed by atoms with Crippen LogP contribution in [0.5, 0.6) is 0 Å². The van der Waals surface area contributed by atoms with Crippen LogP contribution in [0.3, 0.4) is 0 Å². The Bertz CT molecular complexity index is 1290. The molecule has 2 unspecified atom stereocenters. The summed E-state index contributed by atoms with van der Waals surface area (Å²) >= 11 is 5.74. The van der Waals surface area contributed by atoms with Gasteiger partial charge < -0.3 is 14.8 Å². The van der Waals surface area contributed by atoms with Crippen molar-refractivity contribution in [2.75, 3.05) is 4.90 Å². The number of thiocarbonyl (C=S) groups is 1. The topological polar surface area (TPSA) is 33.1 Å². The van der Waals surface area contributed by atoms with Crippen LogP contribution in [0.25, 0.3) is 0 Å². The third-order valence-electron chi connectivity index (χ3n) is 6.33. The van der Waals surface area contributed by atoms with Crippen molar-refractivity contribution in [1.82, 2.24) is 14.9 Å². The van der Waals surface area contributed by atoms with Crippen LogP contribution in [-0.4, -0.2) is 14.7 Å². The number of aromatic nitrogens is 2. The third-order valence-corrected chi connectivity index (χ3v) is 6.64. The number of para-hydroxylation sites is 1. The summed E-state index contributed by atoms with van der Waals surface area (Å²) in [6.45, 7) is 5.02. The Morgan fingerprint density at radius 2 is 1.70 bits per heavy atom. The van der Waals surface area contributed by atoms with Gasteiger partial charge in [0.25, 0.3) is 0 Å². The zero-order valence-corrected chi connectivity index (χ0v) is 19.4. The van der Waals surface area contributed by atoms with E-state index in [-0.39, 0.29) is 17.9 Å². The van der Waals surface area contributed by atoms with Crippen molar-refractivity contribution in [1.29, 1.82) is 0 Å². The summed E-state index contributed by atoms with van der Waals surface area (Å²) in [6.07, 6.45) is 1.78. The molecule has 2 atom stereocenters. The van der Waals surface area contributed by atoms with Crippen molar-refractivity contribution in [3.05, 3.63) is 119 Å². The second kappa shape index (κ2) is 8.79. The van der Waals surface area contributed by atoms with Crippen LogP contribution in [0.15, 0.2) is 85.1 Å². The molecule has 1 aliphatic heterocycles. The highest BCUT2D eigenvalue weighted by atomic mass is 32.1. The first-order chi connectivity index (χ1) is 16.0. The zero-order valence-electron chi connectivity index (χ0n) is 18.6. The molecule has 3 heterocycles. The number of pyridine rings is 1. The van der Waals surface area contributed by atoms with Gasteiger partial charge in [-0.2, -0.15) is 0 Å². The third kappa shape index (κ3) is 3.91. The van der Waals surface area contributed by atoms with Gasteiger partial charge in [-0.1, -0.05) is 48.5 Å². The van der Waals surface area contributed by atoms with Gasteiger partial charge in [-0.3, -0.25) is 4.98 Å². The molecule has 2 aromatic heterocycles. The van der Waals surface area contributed by atoms with E-state index in [4.69, 9.17) is 12.2 Å². The second-order valence-electron chi connectivity index (χ2n) is 8.35. The normalized spacial score (nSPS) is 17.9. The summed E-state index contributed by atoms with van der Waals surface area (Å²) < 4.78 is 17.3. The van der Waals surface area contributed by atoms with Crippen molar-refractivity contribution in [2.45, 2.75) is 32.5 Å². The van der Waals surface area contributed by atoms with Crippen LogP contribution in [0, 0.1) is 19.7 Å². The fourth-order valence-corrected chi connectivity index (χ4v) is 5.05. The zero-order chi connectivity index (χ0) is 22.9. The SMILES string of the molecule is Cc1cc(C2C(c3ccccn3)NC(=S)N2c2ccccc2F)c(C)n1Cc1ccccc1. The summed E-state index contributed by atoms with van der Waals surface area (Å²) in [7, 11) is 0. The first-order valence-electron chi connectivity index (χ1n) is 11.0. The number of nitrogens with one attached hydrogen (secondary N) is 1. The lowest BCUT2D eigenvalue weighted by Crippen LogP contribution is -2.30. The number of hydrogen-bond donors (Lipinski definition) is 1. The van der Waals surface area contributed by atoms with Gasteiger partial charge in [0.15, 0.2) is 5.11 Å². The maximum absolute atomic E-state index is 15.0. The molecule has 6 heteroatoms. The average Bonchev–Trinajstić information content (AvgIpc) is 3.31. The maximum atomic E-state index is 15.0. The molecule has 0 saturated carbocycles. The van der Waals surface area contributed by atoms with E-state index in [2.05, 4.69) is 59.0 Å². The molecule has 1 aliphatic rings. The number of benzene rings is 2. The Kier molecular flexibility index (Phi) is 5.68. The maximum Gasteiger partial charge on any atom is 0.174 e. The molecule has 1 fully saturated rings. The first kappa shape index (κ1) is 21.3. The first-order valence-corrected chi connectivity index (χ1v) is 11.4. The Morgan fingerprint density at radius 3 is 2.42 bits per heavy atom. The van der Waals surface area contributed by atoms with E-state index >= 15 is 0 Å². The minimum atomic E-state index is -0.300. The van der Waals surface area contributed by atoms with Crippen molar-refractivity contribution < 1.29 is 4.39 Å². The van der Waals surface area contributed by atoms with Crippen LogP contribution in [0.1, 0.15) is 40.3 Å². The van der Waals surface area contributed by atoms with Gasteiger partial charge in [-0.15, -0.1) is 0 Å². The van der Waals surface area contributed by atoms with Gasteiger partial charge in [-0.25, -0.2) is 4.39 Å². The summed E-state index contributed by atoms with van der Waals surface area (Å²) in [5.74, 6) is -0.300. The Labute approximate surface area is 198 Å². The quantitative estimate of drug-likeness (QED) is 0.381. The number of halogens is 1. The highest BCUT2D eigenvalue weighted by Gasteiger charge is 2.43. The fourth-order valence-electron chi connectivity index (χ4n) is 4.71. The van der Waals surface area contributed by atoms with Gasteiger partial charge in [0.05, 0.1) is 23.5 Å². The van der Waals surface area contributed by atoms with Crippen molar-refractivity contribution in [2.24, 2.45) is 0 Å². The molecule has 4 aromatic rings. The standard InChI is InChI=1S/C27H25FN4S/c1-18-16-21(19(2)31(18)17-20-10-4-3-5-11-20)26-25(23-13-8-9-15-29-23)30-27(33)32(26)24-14-7-6-12-22(24)28/h3-16,25-26H,17H2,1-2H3,(H,30,33). The highest BCUT2D eigenvalue weighted by Crippen LogP contribution is 2.43. The van der Waals surface area contributed by atoms with Crippen LogP contribution in [0.2, 0.25) is 0 Å². The molecule has 0 aliphatic carbocycles. The van der Waals surface area contributed by atoms with Crippen LogP contribution < -0.4 is 10.2 Å². The molecular formula is C27H25FN4S. The number of hydrogen-bond acceptors (Lipinski definition) is 2. The predicted octanol–water partition coefficient (Wildman–Crippen LogP) is 5.86. The predicted molar refractivity (Wildman–Crippen MR) is 134 cm³/mol. The highest BCUT2D eigenvalue weighted by molar-refractivity contribution is 7.80. The second-order valence-corrected chi connectivity index (χ2v) is 8.73. The van der Waals surface area contributed by atoms with Gasteiger partial charge in [0.1, 0.15) is 5.82 Å². The molecule has 1 saturated heterocycles. The summed E-state index contributed by atoms with van der Waals surface area (Å²) in [6, 6.07) is 24.8. The molecule has 2 aromatic carbocycles.